The number of methoxy groups -OCH3 is 1. The van der Waals surface area contributed by atoms with Crippen LogP contribution < -0.4 is 31.8 Å². The Hall–Kier alpha value is -2.94. The highest BCUT2D eigenvalue weighted by Gasteiger charge is 2.45. The fraction of sp³-hybridized carbons (Fsp3) is 0.312. The largest absolute Gasteiger partial charge is 0.495 e. The van der Waals surface area contributed by atoms with E-state index in [0.717, 1.165) is 0 Å². The number of anilines is 1. The van der Waals surface area contributed by atoms with Crippen LogP contribution in [0, 0.1) is 0 Å². The van der Waals surface area contributed by atoms with Gasteiger partial charge in [-0.05, 0) is 25.0 Å². The van der Waals surface area contributed by atoms with Gasteiger partial charge in [-0.3, -0.25) is 14.6 Å². The number of nitrogens with one attached hydrogen (secondary N) is 3. The van der Waals surface area contributed by atoms with E-state index in [2.05, 4.69) is 10.3 Å². The van der Waals surface area contributed by atoms with Crippen molar-refractivity contribution in [2.45, 2.75) is 18.4 Å². The third-order valence-corrected chi connectivity index (χ3v) is 4.46. The van der Waals surface area contributed by atoms with Crippen molar-refractivity contribution in [1.29, 1.82) is 0 Å². The SMILES string of the molecule is COc1cccc(OCC2(NC(=O)c3[nH]c(=O)[nH]c(=O)c3N)CC2)c1Cl. The second-order valence-corrected chi connectivity index (χ2v) is 6.37. The number of amides is 1. The predicted molar refractivity (Wildman–Crippen MR) is 95.0 cm³/mol. The van der Waals surface area contributed by atoms with E-state index < -0.39 is 22.7 Å². The van der Waals surface area contributed by atoms with Crippen LogP contribution in [-0.2, 0) is 0 Å². The van der Waals surface area contributed by atoms with Crippen molar-refractivity contribution < 1.29 is 14.3 Å². The van der Waals surface area contributed by atoms with Gasteiger partial charge in [0.05, 0.1) is 12.6 Å². The molecule has 26 heavy (non-hydrogen) atoms. The van der Waals surface area contributed by atoms with E-state index in [1.807, 2.05) is 4.98 Å². The van der Waals surface area contributed by atoms with E-state index >= 15 is 0 Å². The van der Waals surface area contributed by atoms with Gasteiger partial charge in [-0.2, -0.15) is 0 Å². The number of hydrogen-bond donors (Lipinski definition) is 4. The second kappa shape index (κ2) is 6.75. The Balaban J connectivity index is 1.72. The molecule has 1 saturated carbocycles. The second-order valence-electron chi connectivity index (χ2n) is 5.99. The maximum atomic E-state index is 12.4. The van der Waals surface area contributed by atoms with E-state index in [1.165, 1.54) is 7.11 Å². The number of aromatic nitrogens is 2. The smallest absolute Gasteiger partial charge is 0.326 e. The van der Waals surface area contributed by atoms with E-state index in [1.54, 1.807) is 18.2 Å². The molecule has 5 N–H and O–H groups in total. The van der Waals surface area contributed by atoms with Crippen molar-refractivity contribution >= 4 is 23.2 Å². The molecule has 10 heteroatoms. The van der Waals surface area contributed by atoms with Gasteiger partial charge in [-0.25, -0.2) is 4.79 Å². The molecule has 1 aliphatic carbocycles. The summed E-state index contributed by atoms with van der Waals surface area (Å²) in [5, 5.41) is 3.09. The molecule has 0 spiro atoms. The van der Waals surface area contributed by atoms with Crippen LogP contribution in [0.4, 0.5) is 5.69 Å². The minimum absolute atomic E-state index is 0.166. The van der Waals surface area contributed by atoms with Crippen LogP contribution in [-0.4, -0.2) is 35.1 Å². The summed E-state index contributed by atoms with van der Waals surface area (Å²) in [5.41, 5.74) is 2.71. The minimum atomic E-state index is -0.817. The van der Waals surface area contributed by atoms with Gasteiger partial charge < -0.3 is 25.5 Å². The molecule has 3 rings (SSSR count). The van der Waals surface area contributed by atoms with Crippen molar-refractivity contribution in [2.24, 2.45) is 0 Å². The number of rotatable bonds is 6. The summed E-state index contributed by atoms with van der Waals surface area (Å²) in [5.74, 6) is 0.256. The first-order valence-corrected chi connectivity index (χ1v) is 8.13. The zero-order chi connectivity index (χ0) is 18.9. The van der Waals surface area contributed by atoms with Crippen molar-refractivity contribution in [3.63, 3.8) is 0 Å². The number of nitrogens with two attached hydrogens (primary N) is 1. The number of aromatic amines is 2. The Bertz CT molecular complexity index is 964. The molecule has 1 amide bonds. The number of benzene rings is 1. The highest BCUT2D eigenvalue weighted by molar-refractivity contribution is 6.33. The Kier molecular flexibility index (Phi) is 4.64. The molecule has 0 bridgehead atoms. The molecular weight excluding hydrogens is 364 g/mol. The number of H-pyrrole nitrogens is 2. The first-order chi connectivity index (χ1) is 12.3. The molecule has 1 aromatic heterocycles. The average Bonchev–Trinajstić information content (AvgIpc) is 3.36. The molecule has 0 saturated heterocycles. The van der Waals surface area contributed by atoms with Crippen molar-refractivity contribution in [2.75, 3.05) is 19.5 Å². The van der Waals surface area contributed by atoms with Gasteiger partial charge in [-0.15, -0.1) is 0 Å². The van der Waals surface area contributed by atoms with Crippen LogP contribution in [0.3, 0.4) is 0 Å². The lowest BCUT2D eigenvalue weighted by Crippen LogP contribution is -2.43. The molecule has 0 atom stereocenters. The Morgan fingerprint density at radius 3 is 2.65 bits per heavy atom. The standard InChI is InChI=1S/C16H17ClN4O5/c1-25-8-3-2-4-9(10(8)17)26-7-16(5-6-16)21-14(23)12-11(18)13(22)20-15(24)19-12/h2-4H,5-7,18H2,1H3,(H,21,23)(H2,19,20,22,24). The summed E-state index contributed by atoms with van der Waals surface area (Å²) in [6.45, 7) is 0.166. The molecule has 0 aliphatic heterocycles. The lowest BCUT2D eigenvalue weighted by Gasteiger charge is -2.19. The maximum absolute atomic E-state index is 12.4. The number of carbonyl (C=O) groups is 1. The van der Waals surface area contributed by atoms with Gasteiger partial charge in [0.2, 0.25) is 0 Å². The van der Waals surface area contributed by atoms with Crippen LogP contribution in [0.2, 0.25) is 5.02 Å². The quantitative estimate of drug-likeness (QED) is 0.580. The Morgan fingerprint density at radius 1 is 1.31 bits per heavy atom. The van der Waals surface area contributed by atoms with Crippen LogP contribution in [0.25, 0.3) is 0 Å². The summed E-state index contributed by atoms with van der Waals surface area (Å²) in [7, 11) is 1.50. The zero-order valence-electron chi connectivity index (χ0n) is 13.8. The molecule has 2 aromatic rings. The monoisotopic (exact) mass is 380 g/mol. The van der Waals surface area contributed by atoms with E-state index in [-0.39, 0.29) is 18.0 Å². The molecule has 0 unspecified atom stereocenters. The first kappa shape index (κ1) is 17.9. The number of ether oxygens (including phenoxy) is 2. The maximum Gasteiger partial charge on any atom is 0.326 e. The number of nitrogen functional groups attached to an aromatic ring is 1. The van der Waals surface area contributed by atoms with E-state index in [0.29, 0.717) is 29.4 Å². The summed E-state index contributed by atoms with van der Waals surface area (Å²) in [6.07, 6.45) is 1.35. The van der Waals surface area contributed by atoms with Crippen LogP contribution in [0.15, 0.2) is 27.8 Å². The fourth-order valence-corrected chi connectivity index (χ4v) is 2.67. The van der Waals surface area contributed by atoms with E-state index in [4.69, 9.17) is 26.8 Å². The summed E-state index contributed by atoms with van der Waals surface area (Å²) in [4.78, 5) is 39.5. The highest BCUT2D eigenvalue weighted by atomic mass is 35.5. The molecule has 0 radical (unpaired) electrons. The highest BCUT2D eigenvalue weighted by Crippen LogP contribution is 2.39. The lowest BCUT2D eigenvalue weighted by molar-refractivity contribution is 0.0908. The number of carbonyl (C=O) groups excluding carboxylic acids is 1. The van der Waals surface area contributed by atoms with Crippen LogP contribution >= 0.6 is 11.6 Å². The molecule has 1 aliphatic rings. The van der Waals surface area contributed by atoms with Gasteiger partial charge in [0.15, 0.2) is 0 Å². The van der Waals surface area contributed by atoms with Gasteiger partial charge >= 0.3 is 5.69 Å². The third-order valence-electron chi connectivity index (χ3n) is 4.09. The molecule has 138 valence electrons. The van der Waals surface area contributed by atoms with Crippen molar-refractivity contribution in [3.05, 3.63) is 49.8 Å². The Labute approximate surface area is 152 Å². The Morgan fingerprint density at radius 2 is 2.00 bits per heavy atom. The minimum Gasteiger partial charge on any atom is -0.495 e. The molecule has 9 nitrogen and oxygen atoms in total. The zero-order valence-corrected chi connectivity index (χ0v) is 14.6. The van der Waals surface area contributed by atoms with Crippen LogP contribution in [0.1, 0.15) is 23.3 Å². The van der Waals surface area contributed by atoms with Gasteiger partial charge in [0, 0.05) is 0 Å². The topological polar surface area (TPSA) is 139 Å². The predicted octanol–water partition coefficient (Wildman–Crippen LogP) is 0.649. The molecule has 1 fully saturated rings. The molecule has 1 aromatic carbocycles. The fourth-order valence-electron chi connectivity index (χ4n) is 2.41. The van der Waals surface area contributed by atoms with Crippen molar-refractivity contribution in [3.8, 4) is 11.5 Å². The molecule has 1 heterocycles. The van der Waals surface area contributed by atoms with Crippen molar-refractivity contribution in [1.82, 2.24) is 15.3 Å². The van der Waals surface area contributed by atoms with Gasteiger partial charge in [-0.1, -0.05) is 17.7 Å². The normalized spacial score (nSPS) is 14.5. The van der Waals surface area contributed by atoms with Gasteiger partial charge in [0.1, 0.15) is 34.5 Å². The number of hydrogen-bond acceptors (Lipinski definition) is 6. The van der Waals surface area contributed by atoms with E-state index in [9.17, 15) is 14.4 Å². The van der Waals surface area contributed by atoms with Gasteiger partial charge in [0.25, 0.3) is 11.5 Å². The average molecular weight is 381 g/mol. The lowest BCUT2D eigenvalue weighted by atomic mass is 10.2. The summed E-state index contributed by atoms with van der Waals surface area (Å²) >= 11 is 6.18. The molecular formula is C16H17ClN4O5. The third kappa shape index (κ3) is 3.52. The van der Waals surface area contributed by atoms with Crippen LogP contribution in [0.5, 0.6) is 11.5 Å². The summed E-state index contributed by atoms with van der Waals surface area (Å²) in [6, 6.07) is 5.13. The number of halogens is 1. The summed E-state index contributed by atoms with van der Waals surface area (Å²) < 4.78 is 10.9. The first-order valence-electron chi connectivity index (χ1n) is 7.75.